The van der Waals surface area contributed by atoms with Crippen LogP contribution in [-0.4, -0.2) is 20.7 Å². The van der Waals surface area contributed by atoms with Crippen LogP contribution < -0.4 is 5.32 Å². The van der Waals surface area contributed by atoms with Crippen molar-refractivity contribution in [1.82, 2.24) is 20.1 Å². The number of amides is 1. The molecular formula is C18H22N4OS2. The molecule has 0 bridgehead atoms. The predicted molar refractivity (Wildman–Crippen MR) is 102 cm³/mol. The molecule has 0 radical (unpaired) electrons. The van der Waals surface area contributed by atoms with Crippen LogP contribution in [0.3, 0.4) is 0 Å². The monoisotopic (exact) mass is 374 g/mol. The van der Waals surface area contributed by atoms with Crippen LogP contribution in [0.1, 0.15) is 46.7 Å². The van der Waals surface area contributed by atoms with Gasteiger partial charge in [-0.2, -0.15) is 5.10 Å². The lowest BCUT2D eigenvalue weighted by Gasteiger charge is -2.19. The fraction of sp³-hybridized carbons (Fsp3) is 0.389. The summed E-state index contributed by atoms with van der Waals surface area (Å²) in [7, 11) is 0. The van der Waals surface area contributed by atoms with Crippen molar-refractivity contribution in [2.24, 2.45) is 0 Å². The minimum atomic E-state index is -0.0844. The third-order valence-electron chi connectivity index (χ3n) is 4.01. The summed E-state index contributed by atoms with van der Waals surface area (Å²) in [6, 6.07) is 6.09. The summed E-state index contributed by atoms with van der Waals surface area (Å²) in [5, 5.41) is 12.6. The Morgan fingerprint density at radius 2 is 2.16 bits per heavy atom. The minimum Gasteiger partial charge on any atom is -0.346 e. The van der Waals surface area contributed by atoms with Crippen LogP contribution in [-0.2, 0) is 11.2 Å². The molecule has 3 heterocycles. The van der Waals surface area contributed by atoms with Crippen molar-refractivity contribution >= 4 is 28.6 Å². The fourth-order valence-electron chi connectivity index (χ4n) is 2.94. The van der Waals surface area contributed by atoms with E-state index in [9.17, 15) is 4.79 Å². The number of rotatable bonds is 7. The summed E-state index contributed by atoms with van der Waals surface area (Å²) in [6.07, 6.45) is 2.95. The predicted octanol–water partition coefficient (Wildman–Crippen LogP) is 4.07. The number of nitrogens with zero attached hydrogens (tertiary/aromatic N) is 3. The van der Waals surface area contributed by atoms with E-state index in [2.05, 4.69) is 26.8 Å². The third kappa shape index (κ3) is 4.55. The molecule has 5 nitrogen and oxygen atoms in total. The van der Waals surface area contributed by atoms with E-state index in [1.165, 1.54) is 4.88 Å². The first-order valence-corrected chi connectivity index (χ1v) is 10.0. The van der Waals surface area contributed by atoms with E-state index < -0.39 is 0 Å². The van der Waals surface area contributed by atoms with Gasteiger partial charge in [-0.3, -0.25) is 9.48 Å². The summed E-state index contributed by atoms with van der Waals surface area (Å²) in [5.41, 5.74) is 2.05. The van der Waals surface area contributed by atoms with Gasteiger partial charge in [0.05, 0.1) is 17.8 Å². The first kappa shape index (κ1) is 17.8. The zero-order valence-corrected chi connectivity index (χ0v) is 16.2. The standard InChI is InChI=1S/C18H22N4OS2/c1-12-9-13(2)22(21-12)14(3)10-17(23)20-16(18-19-6-8-25-18)11-15-5-4-7-24-15/h4-9,14,16H,10-11H2,1-3H3,(H,20,23)/t14-,16+/m0/s1. The number of hydrogen-bond donors (Lipinski definition) is 1. The van der Waals surface area contributed by atoms with Crippen molar-refractivity contribution in [2.75, 3.05) is 0 Å². The van der Waals surface area contributed by atoms with Crippen LogP contribution in [0.15, 0.2) is 35.2 Å². The molecule has 25 heavy (non-hydrogen) atoms. The molecule has 1 N–H and O–H groups in total. The Hall–Kier alpha value is -1.99. The van der Waals surface area contributed by atoms with Crippen LogP contribution in [0.5, 0.6) is 0 Å². The largest absolute Gasteiger partial charge is 0.346 e. The maximum absolute atomic E-state index is 12.6. The number of carbonyl (C=O) groups is 1. The third-order valence-corrected chi connectivity index (χ3v) is 5.80. The van der Waals surface area contributed by atoms with E-state index in [0.29, 0.717) is 6.42 Å². The molecule has 3 aromatic rings. The van der Waals surface area contributed by atoms with Crippen LogP contribution in [0.4, 0.5) is 0 Å². The van der Waals surface area contributed by atoms with Crippen LogP contribution in [0, 0.1) is 13.8 Å². The van der Waals surface area contributed by atoms with Gasteiger partial charge in [0.15, 0.2) is 0 Å². The number of aromatic nitrogens is 3. The van der Waals surface area contributed by atoms with Gasteiger partial charge < -0.3 is 5.32 Å². The Labute approximate surface area is 155 Å². The van der Waals surface area contributed by atoms with Gasteiger partial charge in [0.25, 0.3) is 0 Å². The maximum Gasteiger partial charge on any atom is 0.222 e. The van der Waals surface area contributed by atoms with Gasteiger partial charge in [0.1, 0.15) is 5.01 Å². The van der Waals surface area contributed by atoms with Crippen LogP contribution >= 0.6 is 22.7 Å². The molecule has 0 aliphatic heterocycles. The number of thiazole rings is 1. The highest BCUT2D eigenvalue weighted by Gasteiger charge is 2.20. The molecule has 0 aliphatic rings. The topological polar surface area (TPSA) is 59.8 Å². The maximum atomic E-state index is 12.6. The van der Waals surface area contributed by atoms with Gasteiger partial charge in [-0.15, -0.1) is 22.7 Å². The summed E-state index contributed by atoms with van der Waals surface area (Å²) in [6.45, 7) is 6.01. The lowest BCUT2D eigenvalue weighted by atomic mass is 10.1. The Morgan fingerprint density at radius 1 is 1.32 bits per heavy atom. The number of carbonyl (C=O) groups excluding carboxylic acids is 1. The first-order chi connectivity index (χ1) is 12.0. The highest BCUT2D eigenvalue weighted by atomic mass is 32.1. The number of thiophene rings is 1. The lowest BCUT2D eigenvalue weighted by Crippen LogP contribution is -2.31. The van der Waals surface area contributed by atoms with Crippen molar-refractivity contribution in [3.05, 3.63) is 56.4 Å². The van der Waals surface area contributed by atoms with E-state index >= 15 is 0 Å². The highest BCUT2D eigenvalue weighted by Crippen LogP contribution is 2.24. The van der Waals surface area contributed by atoms with E-state index in [1.54, 1.807) is 28.9 Å². The van der Waals surface area contributed by atoms with Crippen molar-refractivity contribution in [3.63, 3.8) is 0 Å². The van der Waals surface area contributed by atoms with Crippen molar-refractivity contribution < 1.29 is 4.79 Å². The van der Waals surface area contributed by atoms with Gasteiger partial charge in [0.2, 0.25) is 5.91 Å². The number of hydrogen-bond acceptors (Lipinski definition) is 5. The molecule has 0 aliphatic carbocycles. The van der Waals surface area contributed by atoms with E-state index in [1.807, 2.05) is 43.0 Å². The average Bonchev–Trinajstić information content (AvgIpc) is 3.28. The molecule has 0 saturated heterocycles. The van der Waals surface area contributed by atoms with Crippen LogP contribution in [0.25, 0.3) is 0 Å². The first-order valence-electron chi connectivity index (χ1n) is 8.27. The van der Waals surface area contributed by atoms with Crippen molar-refractivity contribution in [2.45, 2.75) is 45.7 Å². The van der Waals surface area contributed by atoms with Crippen LogP contribution in [0.2, 0.25) is 0 Å². The number of aryl methyl sites for hydroxylation is 2. The molecule has 0 spiro atoms. The fourth-order valence-corrected chi connectivity index (χ4v) is 4.38. The smallest absolute Gasteiger partial charge is 0.222 e. The van der Waals surface area contributed by atoms with Crippen molar-refractivity contribution in [3.8, 4) is 0 Å². The van der Waals surface area contributed by atoms with Gasteiger partial charge in [-0.25, -0.2) is 4.98 Å². The van der Waals surface area contributed by atoms with Gasteiger partial charge in [-0.05, 0) is 38.3 Å². The molecule has 3 aromatic heterocycles. The lowest BCUT2D eigenvalue weighted by molar-refractivity contribution is -0.122. The highest BCUT2D eigenvalue weighted by molar-refractivity contribution is 7.10. The summed E-state index contributed by atoms with van der Waals surface area (Å²) in [5.74, 6) is 0.0248. The van der Waals surface area contributed by atoms with Gasteiger partial charge >= 0.3 is 0 Å². The molecular weight excluding hydrogens is 352 g/mol. The summed E-state index contributed by atoms with van der Waals surface area (Å²) in [4.78, 5) is 18.2. The van der Waals surface area contributed by atoms with E-state index in [0.717, 1.165) is 22.8 Å². The quantitative estimate of drug-likeness (QED) is 0.678. The molecule has 0 unspecified atom stereocenters. The molecule has 132 valence electrons. The Kier molecular flexibility index (Phi) is 5.65. The summed E-state index contributed by atoms with van der Waals surface area (Å²) >= 11 is 3.28. The molecule has 7 heteroatoms. The SMILES string of the molecule is Cc1cc(C)n([C@@H](C)CC(=O)N[C@H](Cc2cccs2)c2nccs2)n1. The minimum absolute atomic E-state index is 0.0207. The van der Waals surface area contributed by atoms with Crippen molar-refractivity contribution in [1.29, 1.82) is 0 Å². The second-order valence-electron chi connectivity index (χ2n) is 6.20. The van der Waals surface area contributed by atoms with E-state index in [-0.39, 0.29) is 18.0 Å². The Bertz CT molecular complexity index is 808. The second kappa shape index (κ2) is 7.93. The van der Waals surface area contributed by atoms with E-state index in [4.69, 9.17) is 0 Å². The van der Waals surface area contributed by atoms with Gasteiger partial charge in [-0.1, -0.05) is 6.07 Å². The average molecular weight is 375 g/mol. The second-order valence-corrected chi connectivity index (χ2v) is 8.16. The Morgan fingerprint density at radius 3 is 2.76 bits per heavy atom. The summed E-state index contributed by atoms with van der Waals surface area (Å²) < 4.78 is 1.92. The molecule has 0 saturated carbocycles. The molecule has 0 aromatic carbocycles. The Balaban J connectivity index is 1.66. The number of nitrogens with one attached hydrogen (secondary N) is 1. The zero-order chi connectivity index (χ0) is 17.8. The molecule has 2 atom stereocenters. The zero-order valence-electron chi connectivity index (χ0n) is 14.6. The molecule has 0 fully saturated rings. The molecule has 3 rings (SSSR count). The van der Waals surface area contributed by atoms with Gasteiger partial charge in [0, 0.05) is 35.0 Å². The molecule has 1 amide bonds. The normalized spacial score (nSPS) is 13.6.